The van der Waals surface area contributed by atoms with E-state index in [-0.39, 0.29) is 18.0 Å². The average Bonchev–Trinajstić information content (AvgIpc) is 3.52. The van der Waals surface area contributed by atoms with Gasteiger partial charge in [0.05, 0.1) is 20.8 Å². The van der Waals surface area contributed by atoms with Crippen LogP contribution in [-0.2, 0) is 13.1 Å². The number of hydrogen-bond donors (Lipinski definition) is 1. The van der Waals surface area contributed by atoms with E-state index in [1.807, 2.05) is 36.4 Å². The highest BCUT2D eigenvalue weighted by molar-refractivity contribution is 5.92. The molecule has 0 aliphatic heterocycles. The third-order valence-electron chi connectivity index (χ3n) is 5.73. The SMILES string of the molecule is COc1ccc(CN(Cc2nc(C(=O)NC3CC3)co2)[C@@H](C)c2ccccc2)c(OC)c1. The molecule has 1 fully saturated rings. The first kappa shape index (κ1) is 21.9. The van der Waals surface area contributed by atoms with Crippen molar-refractivity contribution in [2.45, 2.75) is 44.9 Å². The highest BCUT2D eigenvalue weighted by atomic mass is 16.5. The molecule has 0 spiro atoms. The van der Waals surface area contributed by atoms with Crippen molar-refractivity contribution in [1.82, 2.24) is 15.2 Å². The van der Waals surface area contributed by atoms with Crippen molar-refractivity contribution in [3.05, 3.63) is 77.5 Å². The van der Waals surface area contributed by atoms with Gasteiger partial charge in [-0.2, -0.15) is 0 Å². The number of carbonyl (C=O) groups excluding carboxylic acids is 1. The number of aromatic nitrogens is 1. The van der Waals surface area contributed by atoms with Crippen molar-refractivity contribution in [2.75, 3.05) is 14.2 Å². The van der Waals surface area contributed by atoms with Gasteiger partial charge in [-0.1, -0.05) is 36.4 Å². The first-order valence-corrected chi connectivity index (χ1v) is 10.8. The molecule has 1 heterocycles. The van der Waals surface area contributed by atoms with Crippen molar-refractivity contribution in [1.29, 1.82) is 0 Å². The lowest BCUT2D eigenvalue weighted by Gasteiger charge is -2.29. The molecular formula is C25H29N3O4. The highest BCUT2D eigenvalue weighted by Gasteiger charge is 2.26. The highest BCUT2D eigenvalue weighted by Crippen LogP contribution is 2.30. The van der Waals surface area contributed by atoms with E-state index in [1.165, 1.54) is 11.8 Å². The van der Waals surface area contributed by atoms with E-state index in [4.69, 9.17) is 13.9 Å². The molecule has 1 aromatic heterocycles. The lowest BCUT2D eigenvalue weighted by atomic mass is 10.1. The number of carbonyl (C=O) groups is 1. The number of ether oxygens (including phenoxy) is 2. The largest absolute Gasteiger partial charge is 0.497 e. The Bertz CT molecular complexity index is 1050. The summed E-state index contributed by atoms with van der Waals surface area (Å²) in [6.45, 7) is 3.20. The third kappa shape index (κ3) is 5.29. The molecule has 1 amide bonds. The zero-order chi connectivity index (χ0) is 22.5. The van der Waals surface area contributed by atoms with E-state index >= 15 is 0 Å². The first-order chi connectivity index (χ1) is 15.6. The van der Waals surface area contributed by atoms with Gasteiger partial charge in [0.15, 0.2) is 5.69 Å². The fourth-order valence-electron chi connectivity index (χ4n) is 3.62. The summed E-state index contributed by atoms with van der Waals surface area (Å²) in [7, 11) is 3.29. The second-order valence-electron chi connectivity index (χ2n) is 8.04. The second kappa shape index (κ2) is 9.87. The van der Waals surface area contributed by atoms with E-state index in [0.717, 1.165) is 29.9 Å². The Hall–Kier alpha value is -3.32. The minimum absolute atomic E-state index is 0.0821. The number of rotatable bonds is 10. The molecule has 0 radical (unpaired) electrons. The van der Waals surface area contributed by atoms with Gasteiger partial charge in [-0.15, -0.1) is 0 Å². The molecule has 0 unspecified atom stereocenters. The van der Waals surface area contributed by atoms with Crippen LogP contribution in [0.1, 0.15) is 53.3 Å². The fraction of sp³-hybridized carbons (Fsp3) is 0.360. The van der Waals surface area contributed by atoms with E-state index in [0.29, 0.717) is 24.7 Å². The van der Waals surface area contributed by atoms with Gasteiger partial charge in [0, 0.05) is 30.3 Å². The first-order valence-electron chi connectivity index (χ1n) is 10.8. The molecule has 1 aliphatic carbocycles. The summed E-state index contributed by atoms with van der Waals surface area (Å²) in [5, 5.41) is 2.95. The maximum atomic E-state index is 12.3. The molecule has 1 aliphatic rings. The number of nitrogens with one attached hydrogen (secondary N) is 1. The number of hydrogen-bond acceptors (Lipinski definition) is 6. The van der Waals surface area contributed by atoms with Crippen LogP contribution in [0.15, 0.2) is 59.2 Å². The second-order valence-corrected chi connectivity index (χ2v) is 8.04. The monoisotopic (exact) mass is 435 g/mol. The number of methoxy groups -OCH3 is 2. The summed E-state index contributed by atoms with van der Waals surface area (Å²) in [5.74, 6) is 1.82. The zero-order valence-corrected chi connectivity index (χ0v) is 18.7. The minimum atomic E-state index is -0.179. The van der Waals surface area contributed by atoms with Gasteiger partial charge in [0.25, 0.3) is 5.91 Å². The van der Waals surface area contributed by atoms with Crippen molar-refractivity contribution in [3.8, 4) is 11.5 Å². The van der Waals surface area contributed by atoms with Crippen LogP contribution in [-0.4, -0.2) is 36.1 Å². The van der Waals surface area contributed by atoms with Crippen molar-refractivity contribution < 1.29 is 18.7 Å². The normalized spacial score (nSPS) is 14.2. The van der Waals surface area contributed by atoms with E-state index < -0.39 is 0 Å². The number of benzene rings is 2. The van der Waals surface area contributed by atoms with Gasteiger partial charge in [0.1, 0.15) is 17.8 Å². The van der Waals surface area contributed by atoms with Gasteiger partial charge < -0.3 is 19.2 Å². The summed E-state index contributed by atoms with van der Waals surface area (Å²) in [5.41, 5.74) is 2.52. The molecule has 32 heavy (non-hydrogen) atoms. The molecule has 7 nitrogen and oxygen atoms in total. The van der Waals surface area contributed by atoms with Gasteiger partial charge >= 0.3 is 0 Å². The number of nitrogens with zero attached hydrogens (tertiary/aromatic N) is 2. The molecule has 7 heteroatoms. The predicted molar refractivity (Wildman–Crippen MR) is 121 cm³/mol. The molecule has 0 bridgehead atoms. The van der Waals surface area contributed by atoms with Crippen LogP contribution >= 0.6 is 0 Å². The molecule has 1 atom stereocenters. The van der Waals surface area contributed by atoms with Crippen LogP contribution in [0, 0.1) is 0 Å². The Morgan fingerprint density at radius 2 is 1.94 bits per heavy atom. The van der Waals surface area contributed by atoms with E-state index in [2.05, 4.69) is 34.3 Å². The molecule has 168 valence electrons. The maximum absolute atomic E-state index is 12.3. The summed E-state index contributed by atoms with van der Waals surface area (Å²) in [6.07, 6.45) is 3.50. The Morgan fingerprint density at radius 3 is 2.62 bits per heavy atom. The van der Waals surface area contributed by atoms with Crippen LogP contribution in [0.5, 0.6) is 11.5 Å². The van der Waals surface area contributed by atoms with Crippen molar-refractivity contribution in [2.24, 2.45) is 0 Å². The van der Waals surface area contributed by atoms with Crippen LogP contribution in [0.25, 0.3) is 0 Å². The third-order valence-corrected chi connectivity index (χ3v) is 5.73. The van der Waals surface area contributed by atoms with Crippen LogP contribution < -0.4 is 14.8 Å². The summed E-state index contributed by atoms with van der Waals surface area (Å²) < 4.78 is 16.6. The van der Waals surface area contributed by atoms with Gasteiger partial charge in [-0.3, -0.25) is 9.69 Å². The minimum Gasteiger partial charge on any atom is -0.497 e. The molecular weight excluding hydrogens is 406 g/mol. The van der Waals surface area contributed by atoms with Crippen molar-refractivity contribution in [3.63, 3.8) is 0 Å². The Kier molecular flexibility index (Phi) is 6.75. The maximum Gasteiger partial charge on any atom is 0.273 e. The van der Waals surface area contributed by atoms with E-state index in [9.17, 15) is 4.79 Å². The Balaban J connectivity index is 1.57. The number of amides is 1. The smallest absolute Gasteiger partial charge is 0.273 e. The number of oxazole rings is 1. The van der Waals surface area contributed by atoms with Gasteiger partial charge in [-0.05, 0) is 31.4 Å². The van der Waals surface area contributed by atoms with Gasteiger partial charge in [0.2, 0.25) is 5.89 Å². The molecule has 0 saturated heterocycles. The zero-order valence-electron chi connectivity index (χ0n) is 18.7. The van der Waals surface area contributed by atoms with Crippen molar-refractivity contribution >= 4 is 5.91 Å². The Labute approximate surface area is 188 Å². The predicted octanol–water partition coefficient (Wildman–Crippen LogP) is 4.35. The molecule has 4 rings (SSSR count). The van der Waals surface area contributed by atoms with E-state index in [1.54, 1.807) is 14.2 Å². The fourth-order valence-corrected chi connectivity index (χ4v) is 3.62. The Morgan fingerprint density at radius 1 is 1.16 bits per heavy atom. The summed E-state index contributed by atoms with van der Waals surface area (Å²) >= 11 is 0. The molecule has 1 N–H and O–H groups in total. The average molecular weight is 436 g/mol. The lowest BCUT2D eigenvalue weighted by molar-refractivity contribution is 0.0946. The summed E-state index contributed by atoms with van der Waals surface area (Å²) in [4.78, 5) is 19.0. The van der Waals surface area contributed by atoms with Gasteiger partial charge in [-0.25, -0.2) is 4.98 Å². The standard InChI is InChI=1S/C25H29N3O4/c1-17(18-7-5-4-6-8-18)28(14-19-9-12-21(30-2)13-23(19)31-3)15-24-27-22(16-32-24)25(29)26-20-10-11-20/h4-9,12-13,16-17,20H,10-11,14-15H2,1-3H3,(H,26,29)/t17-/m0/s1. The molecule has 3 aromatic rings. The summed E-state index contributed by atoms with van der Waals surface area (Å²) in [6, 6.07) is 16.4. The van der Waals surface area contributed by atoms with Crippen LogP contribution in [0.2, 0.25) is 0 Å². The van der Waals surface area contributed by atoms with Crippen LogP contribution in [0.4, 0.5) is 0 Å². The topological polar surface area (TPSA) is 76.8 Å². The lowest BCUT2D eigenvalue weighted by Crippen LogP contribution is -2.27. The molecule has 2 aromatic carbocycles. The quantitative estimate of drug-likeness (QED) is 0.510. The van der Waals surface area contributed by atoms with Crippen LogP contribution in [0.3, 0.4) is 0 Å². The molecule has 1 saturated carbocycles.